The van der Waals surface area contributed by atoms with Crippen molar-refractivity contribution < 1.29 is 19.7 Å². The third-order valence-electron chi connectivity index (χ3n) is 3.16. The van der Waals surface area contributed by atoms with Crippen LogP contribution in [-0.2, 0) is 9.53 Å². The Kier molecular flexibility index (Phi) is 7.67. The van der Waals surface area contributed by atoms with E-state index in [4.69, 9.17) is 4.74 Å². The van der Waals surface area contributed by atoms with Crippen molar-refractivity contribution in [2.75, 3.05) is 6.61 Å². The molecule has 0 heterocycles. The van der Waals surface area contributed by atoms with E-state index in [9.17, 15) is 15.0 Å². The number of phenolic OH excluding ortho intramolecular Hbond substituents is 2. The standard InChI is InChI=1S/C19H24O4/c1-14(2)5-4-6-15(3)11-12-23-19(22)10-8-16-7-9-17(20)18(21)13-16/h5,7-11,13,20-21H,4,6,12H2,1-3H3. The van der Waals surface area contributed by atoms with Crippen LogP contribution in [0.15, 0.2) is 47.6 Å². The minimum atomic E-state index is -0.453. The van der Waals surface area contributed by atoms with Gasteiger partial charge in [-0.2, -0.15) is 0 Å². The second-order valence-corrected chi connectivity index (χ2v) is 5.58. The molecule has 1 aromatic carbocycles. The number of esters is 1. The molecule has 0 aromatic heterocycles. The summed E-state index contributed by atoms with van der Waals surface area (Å²) in [6.07, 6.45) is 8.83. The van der Waals surface area contributed by atoms with Crippen LogP contribution in [0.25, 0.3) is 6.08 Å². The average Bonchev–Trinajstić information content (AvgIpc) is 2.48. The maximum Gasteiger partial charge on any atom is 0.331 e. The third-order valence-corrected chi connectivity index (χ3v) is 3.16. The van der Waals surface area contributed by atoms with Gasteiger partial charge in [0.2, 0.25) is 0 Å². The number of phenols is 2. The largest absolute Gasteiger partial charge is 0.504 e. The molecule has 0 amide bonds. The average molecular weight is 316 g/mol. The van der Waals surface area contributed by atoms with Crippen molar-refractivity contribution in [1.82, 2.24) is 0 Å². The number of ether oxygens (including phenoxy) is 1. The van der Waals surface area contributed by atoms with Gasteiger partial charge in [-0.1, -0.05) is 23.3 Å². The van der Waals surface area contributed by atoms with E-state index >= 15 is 0 Å². The minimum absolute atomic E-state index is 0.196. The first-order chi connectivity index (χ1) is 10.9. The molecule has 1 aromatic rings. The first kappa shape index (κ1) is 18.6. The number of rotatable bonds is 7. The van der Waals surface area contributed by atoms with E-state index in [0.29, 0.717) is 5.56 Å². The molecule has 4 nitrogen and oxygen atoms in total. The lowest BCUT2D eigenvalue weighted by atomic mass is 10.1. The highest BCUT2D eigenvalue weighted by molar-refractivity contribution is 5.87. The van der Waals surface area contributed by atoms with Gasteiger partial charge in [0.25, 0.3) is 0 Å². The van der Waals surface area contributed by atoms with Gasteiger partial charge in [0.15, 0.2) is 11.5 Å². The van der Waals surface area contributed by atoms with Crippen LogP contribution < -0.4 is 0 Å². The number of aromatic hydroxyl groups is 2. The van der Waals surface area contributed by atoms with Gasteiger partial charge in [-0.25, -0.2) is 4.79 Å². The van der Waals surface area contributed by atoms with Gasteiger partial charge >= 0.3 is 5.97 Å². The fourth-order valence-electron chi connectivity index (χ4n) is 1.81. The molecule has 0 unspecified atom stereocenters. The van der Waals surface area contributed by atoms with Crippen LogP contribution in [0.5, 0.6) is 11.5 Å². The zero-order valence-corrected chi connectivity index (χ0v) is 13.9. The van der Waals surface area contributed by atoms with Gasteiger partial charge in [-0.3, -0.25) is 0 Å². The van der Waals surface area contributed by atoms with Crippen LogP contribution in [0, 0.1) is 0 Å². The molecule has 23 heavy (non-hydrogen) atoms. The number of carbonyl (C=O) groups excluding carboxylic acids is 1. The Morgan fingerprint density at radius 2 is 1.87 bits per heavy atom. The molecule has 0 aliphatic carbocycles. The lowest BCUT2D eigenvalue weighted by Gasteiger charge is -2.01. The summed E-state index contributed by atoms with van der Waals surface area (Å²) in [5.41, 5.74) is 3.09. The molecule has 0 aliphatic rings. The van der Waals surface area contributed by atoms with Crippen molar-refractivity contribution in [1.29, 1.82) is 0 Å². The Balaban J connectivity index is 2.40. The Bertz CT molecular complexity index is 620. The van der Waals surface area contributed by atoms with Crippen molar-refractivity contribution in [2.45, 2.75) is 33.6 Å². The maximum absolute atomic E-state index is 11.6. The van der Waals surface area contributed by atoms with E-state index in [1.54, 1.807) is 6.07 Å². The van der Waals surface area contributed by atoms with E-state index in [2.05, 4.69) is 19.9 Å². The smallest absolute Gasteiger partial charge is 0.331 e. The number of hydrogen-bond acceptors (Lipinski definition) is 4. The predicted molar refractivity (Wildman–Crippen MR) is 92.2 cm³/mol. The SMILES string of the molecule is CC(C)=CCCC(C)=CCOC(=O)C=Cc1ccc(O)c(O)c1. The molecule has 124 valence electrons. The Labute approximate surface area is 137 Å². The second kappa shape index (κ2) is 9.51. The van der Waals surface area contributed by atoms with Crippen LogP contribution in [0.4, 0.5) is 0 Å². The van der Waals surface area contributed by atoms with Gasteiger partial charge in [0.1, 0.15) is 6.61 Å². The van der Waals surface area contributed by atoms with E-state index < -0.39 is 5.97 Å². The number of carbonyl (C=O) groups is 1. The van der Waals surface area contributed by atoms with Gasteiger partial charge in [0.05, 0.1) is 0 Å². The third kappa shape index (κ3) is 7.90. The quantitative estimate of drug-likeness (QED) is 0.340. The molecule has 4 heteroatoms. The van der Waals surface area contributed by atoms with Crippen molar-refractivity contribution in [3.63, 3.8) is 0 Å². The van der Waals surface area contributed by atoms with Crippen LogP contribution in [0.1, 0.15) is 39.2 Å². The van der Waals surface area contributed by atoms with Crippen molar-refractivity contribution in [3.8, 4) is 11.5 Å². The molecule has 0 aliphatic heterocycles. The number of allylic oxidation sites excluding steroid dienone is 3. The van der Waals surface area contributed by atoms with Gasteiger partial charge in [-0.15, -0.1) is 0 Å². The lowest BCUT2D eigenvalue weighted by Crippen LogP contribution is -2.00. The zero-order chi connectivity index (χ0) is 17.2. The Hall–Kier alpha value is -2.49. The molecule has 2 N–H and O–H groups in total. The highest BCUT2D eigenvalue weighted by atomic mass is 16.5. The molecule has 0 radical (unpaired) electrons. The molecule has 0 bridgehead atoms. The fourth-order valence-corrected chi connectivity index (χ4v) is 1.81. The van der Waals surface area contributed by atoms with Crippen LogP contribution in [0.3, 0.4) is 0 Å². The molecule has 0 spiro atoms. The van der Waals surface area contributed by atoms with E-state index in [-0.39, 0.29) is 18.1 Å². The van der Waals surface area contributed by atoms with Crippen molar-refractivity contribution in [3.05, 3.63) is 53.1 Å². The molecular formula is C19H24O4. The van der Waals surface area contributed by atoms with Gasteiger partial charge in [0, 0.05) is 6.08 Å². The highest BCUT2D eigenvalue weighted by Gasteiger charge is 2.00. The molecule has 0 saturated carbocycles. The normalized spacial score (nSPS) is 11.5. The van der Waals surface area contributed by atoms with E-state index in [1.807, 2.05) is 13.0 Å². The summed E-state index contributed by atoms with van der Waals surface area (Å²) in [6.45, 7) is 6.40. The summed E-state index contributed by atoms with van der Waals surface area (Å²) in [7, 11) is 0. The number of hydrogen-bond donors (Lipinski definition) is 2. The Morgan fingerprint density at radius 1 is 1.13 bits per heavy atom. The lowest BCUT2D eigenvalue weighted by molar-refractivity contribution is -0.136. The fraction of sp³-hybridized carbons (Fsp3) is 0.316. The van der Waals surface area contributed by atoms with Crippen LogP contribution in [-0.4, -0.2) is 22.8 Å². The Morgan fingerprint density at radius 3 is 2.52 bits per heavy atom. The van der Waals surface area contributed by atoms with Gasteiger partial charge in [-0.05, 0) is 63.5 Å². The zero-order valence-electron chi connectivity index (χ0n) is 13.9. The molecule has 0 saturated heterocycles. The van der Waals surface area contributed by atoms with E-state index in [1.165, 1.54) is 35.4 Å². The molecular weight excluding hydrogens is 292 g/mol. The summed E-state index contributed by atoms with van der Waals surface area (Å²) in [5.74, 6) is -0.875. The number of benzene rings is 1. The first-order valence-electron chi connectivity index (χ1n) is 7.54. The summed E-state index contributed by atoms with van der Waals surface area (Å²) in [4.78, 5) is 11.6. The summed E-state index contributed by atoms with van der Waals surface area (Å²) in [6, 6.07) is 4.32. The summed E-state index contributed by atoms with van der Waals surface area (Å²) >= 11 is 0. The topological polar surface area (TPSA) is 66.8 Å². The first-order valence-corrected chi connectivity index (χ1v) is 7.54. The minimum Gasteiger partial charge on any atom is -0.504 e. The van der Waals surface area contributed by atoms with Crippen LogP contribution in [0.2, 0.25) is 0 Å². The highest BCUT2D eigenvalue weighted by Crippen LogP contribution is 2.25. The maximum atomic E-state index is 11.6. The molecule has 0 atom stereocenters. The summed E-state index contributed by atoms with van der Waals surface area (Å²) < 4.78 is 5.09. The predicted octanol–water partition coefficient (Wildman–Crippen LogP) is 4.35. The second-order valence-electron chi connectivity index (χ2n) is 5.58. The van der Waals surface area contributed by atoms with Crippen LogP contribution >= 0.6 is 0 Å². The van der Waals surface area contributed by atoms with Gasteiger partial charge < -0.3 is 14.9 Å². The molecule has 0 fully saturated rings. The van der Waals surface area contributed by atoms with Crippen molar-refractivity contribution >= 4 is 12.0 Å². The van der Waals surface area contributed by atoms with Crippen molar-refractivity contribution in [2.24, 2.45) is 0 Å². The van der Waals surface area contributed by atoms with E-state index in [0.717, 1.165) is 12.8 Å². The monoisotopic (exact) mass is 316 g/mol. The summed E-state index contributed by atoms with van der Waals surface area (Å²) in [5, 5.41) is 18.6. The molecule has 1 rings (SSSR count).